The Morgan fingerprint density at radius 2 is 0.730 bits per heavy atom. The maximum Gasteiger partial charge on any atom is 0.0468 e. The van der Waals surface area contributed by atoms with E-state index in [0.29, 0.717) is 0 Å². The van der Waals surface area contributed by atoms with Gasteiger partial charge in [-0.2, -0.15) is 0 Å². The molecule has 0 N–H and O–H groups in total. The van der Waals surface area contributed by atoms with Crippen LogP contribution in [0, 0.1) is 6.92 Å². The van der Waals surface area contributed by atoms with Crippen molar-refractivity contribution >= 4 is 98.8 Å². The molecule has 0 atom stereocenters. The van der Waals surface area contributed by atoms with Crippen LogP contribution >= 0.6 is 0 Å². The van der Waals surface area contributed by atoms with Crippen LogP contribution in [0.1, 0.15) is 83.2 Å². The maximum atomic E-state index is 2.49. The molecule has 0 unspecified atom stereocenters. The molecule has 2 nitrogen and oxygen atoms in total. The van der Waals surface area contributed by atoms with Gasteiger partial charge < -0.3 is 9.80 Å². The molecule has 0 saturated heterocycles. The molecule has 0 radical (unpaired) electrons. The largest absolute Gasteiger partial charge is 0.310 e. The molecular formula is C72H62N2. The predicted molar refractivity (Wildman–Crippen MR) is 321 cm³/mol. The van der Waals surface area contributed by atoms with Crippen molar-refractivity contribution in [2.24, 2.45) is 0 Å². The van der Waals surface area contributed by atoms with Crippen LogP contribution in [0.2, 0.25) is 0 Å². The van der Waals surface area contributed by atoms with Crippen LogP contribution in [-0.2, 0) is 16.2 Å². The van der Waals surface area contributed by atoms with E-state index in [-0.39, 0.29) is 16.2 Å². The summed E-state index contributed by atoms with van der Waals surface area (Å²) in [5.74, 6) is 0. The average Bonchev–Trinajstić information content (AvgIpc) is 3.42. The van der Waals surface area contributed by atoms with Crippen molar-refractivity contribution in [2.75, 3.05) is 9.80 Å². The molecule has 1 aliphatic rings. The highest BCUT2D eigenvalue weighted by Crippen LogP contribution is 2.54. The van der Waals surface area contributed by atoms with E-state index in [1.165, 1.54) is 104 Å². The van der Waals surface area contributed by atoms with E-state index in [4.69, 9.17) is 0 Å². The Balaban J connectivity index is 0.989. The Labute approximate surface area is 436 Å². The molecule has 12 aromatic rings. The van der Waals surface area contributed by atoms with E-state index in [0.717, 1.165) is 34.1 Å². The van der Waals surface area contributed by atoms with Crippen molar-refractivity contribution in [1.82, 2.24) is 0 Å². The minimum Gasteiger partial charge on any atom is -0.310 e. The van der Waals surface area contributed by atoms with Gasteiger partial charge in [-0.25, -0.2) is 0 Å². The van der Waals surface area contributed by atoms with Gasteiger partial charge in [-0.3, -0.25) is 0 Å². The molecule has 0 aromatic heterocycles. The summed E-state index contributed by atoms with van der Waals surface area (Å²) >= 11 is 0. The van der Waals surface area contributed by atoms with Crippen LogP contribution in [0.15, 0.2) is 212 Å². The first kappa shape index (κ1) is 45.6. The number of aryl methyl sites for hydroxylation is 1. The van der Waals surface area contributed by atoms with E-state index in [9.17, 15) is 0 Å². The lowest BCUT2D eigenvalue weighted by atomic mass is 9.67. The molecule has 360 valence electrons. The van der Waals surface area contributed by atoms with Gasteiger partial charge in [0.15, 0.2) is 0 Å². The number of hydrogen-bond acceptors (Lipinski definition) is 2. The zero-order valence-corrected chi connectivity index (χ0v) is 44.1. The second-order valence-electron chi connectivity index (χ2n) is 23.5. The van der Waals surface area contributed by atoms with Crippen LogP contribution in [-0.4, -0.2) is 0 Å². The highest BCUT2D eigenvalue weighted by molar-refractivity contribution is 6.20. The van der Waals surface area contributed by atoms with Crippen LogP contribution in [0.4, 0.5) is 34.1 Å². The standard InChI is InChI=1S/C72H62N2/c1-45-58-39-37-56(73(52-33-27-50(28-34-52)70(2,3)4)54-31-25-48-23-21-46-15-10-12-17-59(46)63(48)41-54)43-65(58)61-19-14-20-66-69(61)68(45)62-40-38-57(44-67(62)72(66,8)9)74(53-35-29-51(30-36-53)71(5,6)7)55-32-26-49-24-22-47-16-11-13-18-60(47)64(49)42-55/h10-44H,1-9H3. The number of anilines is 6. The average molecular weight is 955 g/mol. The molecule has 0 amide bonds. The Kier molecular flexibility index (Phi) is 10.3. The maximum absolute atomic E-state index is 2.49. The van der Waals surface area contributed by atoms with Crippen molar-refractivity contribution in [2.45, 2.75) is 78.6 Å². The molecule has 0 saturated carbocycles. The van der Waals surface area contributed by atoms with Gasteiger partial charge in [0.2, 0.25) is 0 Å². The van der Waals surface area contributed by atoms with Crippen molar-refractivity contribution in [1.29, 1.82) is 0 Å². The highest BCUT2D eigenvalue weighted by Gasteiger charge is 2.36. The molecule has 0 heterocycles. The summed E-state index contributed by atoms with van der Waals surface area (Å²) < 4.78 is 0. The molecular weight excluding hydrogens is 893 g/mol. The summed E-state index contributed by atoms with van der Waals surface area (Å²) in [5, 5.41) is 15.2. The molecule has 13 rings (SSSR count). The van der Waals surface area contributed by atoms with Gasteiger partial charge in [0.25, 0.3) is 0 Å². The third-order valence-corrected chi connectivity index (χ3v) is 16.5. The zero-order chi connectivity index (χ0) is 50.8. The second kappa shape index (κ2) is 16.7. The number of nitrogens with zero attached hydrogens (tertiary/aromatic N) is 2. The Morgan fingerprint density at radius 1 is 0.324 bits per heavy atom. The molecule has 0 bridgehead atoms. The summed E-state index contributed by atoms with van der Waals surface area (Å²) in [6, 6.07) is 80.4. The van der Waals surface area contributed by atoms with Gasteiger partial charge in [-0.15, -0.1) is 0 Å². The van der Waals surface area contributed by atoms with Crippen molar-refractivity contribution in [3.05, 3.63) is 240 Å². The fourth-order valence-corrected chi connectivity index (χ4v) is 12.4. The molecule has 0 spiro atoms. The first-order chi connectivity index (χ1) is 35.6. The first-order valence-corrected chi connectivity index (χ1v) is 26.4. The van der Waals surface area contributed by atoms with Crippen molar-refractivity contribution < 1.29 is 0 Å². The lowest BCUT2D eigenvalue weighted by Gasteiger charge is -2.38. The van der Waals surface area contributed by atoms with E-state index < -0.39 is 0 Å². The minimum absolute atomic E-state index is 0.0453. The summed E-state index contributed by atoms with van der Waals surface area (Å²) in [7, 11) is 0. The van der Waals surface area contributed by atoms with Crippen LogP contribution in [0.5, 0.6) is 0 Å². The fourth-order valence-electron chi connectivity index (χ4n) is 12.4. The zero-order valence-electron chi connectivity index (χ0n) is 44.1. The molecule has 2 heteroatoms. The highest BCUT2D eigenvalue weighted by atomic mass is 15.1. The molecule has 0 aliphatic heterocycles. The van der Waals surface area contributed by atoms with E-state index in [1.807, 2.05) is 0 Å². The summed E-state index contributed by atoms with van der Waals surface area (Å²) in [4.78, 5) is 4.93. The number of benzene rings is 12. The lowest BCUT2D eigenvalue weighted by molar-refractivity contribution is 0.590. The number of rotatable bonds is 6. The van der Waals surface area contributed by atoms with Crippen molar-refractivity contribution in [3.8, 4) is 11.1 Å². The summed E-state index contributed by atoms with van der Waals surface area (Å²) in [6.07, 6.45) is 0. The molecule has 74 heavy (non-hydrogen) atoms. The second-order valence-corrected chi connectivity index (χ2v) is 23.5. The number of fused-ring (bicyclic) bond motifs is 10. The van der Waals surface area contributed by atoms with Gasteiger partial charge in [-0.1, -0.05) is 195 Å². The predicted octanol–water partition coefficient (Wildman–Crippen LogP) is 20.8. The Morgan fingerprint density at radius 3 is 1.24 bits per heavy atom. The van der Waals surface area contributed by atoms with Crippen molar-refractivity contribution in [3.63, 3.8) is 0 Å². The van der Waals surface area contributed by atoms with E-state index >= 15 is 0 Å². The normalized spacial score (nSPS) is 13.3. The third-order valence-electron chi connectivity index (χ3n) is 16.5. The smallest absolute Gasteiger partial charge is 0.0468 e. The third kappa shape index (κ3) is 7.29. The van der Waals surface area contributed by atoms with E-state index in [1.54, 1.807) is 0 Å². The fraction of sp³-hybridized carbons (Fsp3) is 0.167. The van der Waals surface area contributed by atoms with Gasteiger partial charge in [0.1, 0.15) is 0 Å². The quantitative estimate of drug-likeness (QED) is 0.153. The Hall–Kier alpha value is -8.20. The minimum atomic E-state index is -0.300. The molecule has 1 aliphatic carbocycles. The summed E-state index contributed by atoms with van der Waals surface area (Å²) in [6.45, 7) is 20.9. The molecule has 12 aromatic carbocycles. The topological polar surface area (TPSA) is 6.48 Å². The number of hydrogen-bond donors (Lipinski definition) is 0. The van der Waals surface area contributed by atoms with Gasteiger partial charge in [0.05, 0.1) is 0 Å². The summed E-state index contributed by atoms with van der Waals surface area (Å²) in [5.41, 5.74) is 15.9. The SMILES string of the molecule is Cc1c2c3c(cccc3c3cc(N(c4ccc(C(C)(C)C)cc4)c4ccc5ccc6ccccc6c5c4)ccc13)C(C)(C)c1cc(N(c3ccc(C(C)(C)C)cc3)c3ccc4ccc5ccccc5c4c3)ccc1-2. The Bertz CT molecular complexity index is 4240. The molecule has 0 fully saturated rings. The van der Waals surface area contributed by atoms with Gasteiger partial charge in [0, 0.05) is 39.5 Å². The lowest BCUT2D eigenvalue weighted by Crippen LogP contribution is -2.25. The van der Waals surface area contributed by atoms with Gasteiger partial charge in [-0.05, 0) is 194 Å². The first-order valence-electron chi connectivity index (χ1n) is 26.4. The van der Waals surface area contributed by atoms with Crippen LogP contribution in [0.25, 0.3) is 75.8 Å². The van der Waals surface area contributed by atoms with Crippen LogP contribution in [0.3, 0.4) is 0 Å². The van der Waals surface area contributed by atoms with Crippen LogP contribution < -0.4 is 9.80 Å². The monoisotopic (exact) mass is 954 g/mol. The van der Waals surface area contributed by atoms with Gasteiger partial charge >= 0.3 is 0 Å². The van der Waals surface area contributed by atoms with E-state index in [2.05, 4.69) is 284 Å².